The standard InChI is InChI=1S/C15H24FN3/c1-11-4-5-14(16)13(8-11)15(9-17)19-7-6-12(10-19)18(2)3/h4-5,8,12,15H,6-7,9-10,17H2,1-3H3. The Morgan fingerprint density at radius 3 is 2.79 bits per heavy atom. The van der Waals surface area contributed by atoms with Gasteiger partial charge in [0.1, 0.15) is 5.82 Å². The van der Waals surface area contributed by atoms with E-state index in [0.29, 0.717) is 12.6 Å². The first-order valence-electron chi connectivity index (χ1n) is 6.89. The highest BCUT2D eigenvalue weighted by Crippen LogP contribution is 2.28. The van der Waals surface area contributed by atoms with Crippen molar-refractivity contribution >= 4 is 0 Å². The number of aryl methyl sites for hydroxylation is 1. The topological polar surface area (TPSA) is 32.5 Å². The molecule has 0 radical (unpaired) electrons. The second kappa shape index (κ2) is 5.99. The molecule has 1 aromatic carbocycles. The van der Waals surface area contributed by atoms with Crippen LogP contribution in [0.3, 0.4) is 0 Å². The number of nitrogens with two attached hydrogens (primary N) is 1. The summed E-state index contributed by atoms with van der Waals surface area (Å²) in [6.45, 7) is 4.39. The van der Waals surface area contributed by atoms with E-state index in [1.54, 1.807) is 12.1 Å². The summed E-state index contributed by atoms with van der Waals surface area (Å²) < 4.78 is 14.0. The Hall–Kier alpha value is -0.970. The van der Waals surface area contributed by atoms with Gasteiger partial charge in [-0.1, -0.05) is 17.7 Å². The maximum atomic E-state index is 14.0. The van der Waals surface area contributed by atoms with Crippen LogP contribution in [-0.4, -0.2) is 49.6 Å². The number of rotatable bonds is 4. The highest BCUT2D eigenvalue weighted by Gasteiger charge is 2.30. The van der Waals surface area contributed by atoms with Gasteiger partial charge in [-0.3, -0.25) is 4.90 Å². The van der Waals surface area contributed by atoms with E-state index in [4.69, 9.17) is 5.73 Å². The van der Waals surface area contributed by atoms with Crippen molar-refractivity contribution in [2.24, 2.45) is 5.73 Å². The van der Waals surface area contributed by atoms with Gasteiger partial charge >= 0.3 is 0 Å². The maximum Gasteiger partial charge on any atom is 0.128 e. The van der Waals surface area contributed by atoms with Crippen molar-refractivity contribution in [3.63, 3.8) is 0 Å². The molecule has 4 heteroatoms. The van der Waals surface area contributed by atoms with Crippen LogP contribution >= 0.6 is 0 Å². The van der Waals surface area contributed by atoms with Crippen molar-refractivity contribution in [2.75, 3.05) is 33.7 Å². The molecule has 1 aliphatic rings. The van der Waals surface area contributed by atoms with Crippen LogP contribution in [0.1, 0.15) is 23.6 Å². The van der Waals surface area contributed by atoms with E-state index >= 15 is 0 Å². The molecule has 1 heterocycles. The van der Waals surface area contributed by atoms with Crippen molar-refractivity contribution in [3.8, 4) is 0 Å². The average Bonchev–Trinajstić information content (AvgIpc) is 2.84. The molecule has 0 saturated carbocycles. The van der Waals surface area contributed by atoms with Gasteiger partial charge in [0.2, 0.25) is 0 Å². The van der Waals surface area contributed by atoms with Gasteiger partial charge in [-0.2, -0.15) is 0 Å². The largest absolute Gasteiger partial charge is 0.329 e. The summed E-state index contributed by atoms with van der Waals surface area (Å²) in [7, 11) is 4.19. The number of benzene rings is 1. The lowest BCUT2D eigenvalue weighted by Gasteiger charge is -2.28. The molecule has 1 fully saturated rings. The van der Waals surface area contributed by atoms with Crippen LogP contribution in [-0.2, 0) is 0 Å². The van der Waals surface area contributed by atoms with Gasteiger partial charge in [-0.25, -0.2) is 4.39 Å². The Balaban J connectivity index is 2.19. The number of likely N-dealkylation sites (N-methyl/N-ethyl adjacent to an activating group) is 1. The van der Waals surface area contributed by atoms with E-state index in [2.05, 4.69) is 23.9 Å². The number of hydrogen-bond acceptors (Lipinski definition) is 3. The minimum Gasteiger partial charge on any atom is -0.329 e. The van der Waals surface area contributed by atoms with Gasteiger partial charge in [0.25, 0.3) is 0 Å². The predicted molar refractivity (Wildman–Crippen MR) is 76.6 cm³/mol. The predicted octanol–water partition coefficient (Wildman–Crippen LogP) is 1.77. The van der Waals surface area contributed by atoms with Crippen LogP contribution in [0.5, 0.6) is 0 Å². The van der Waals surface area contributed by atoms with Crippen LogP contribution in [0, 0.1) is 12.7 Å². The molecule has 1 saturated heterocycles. The zero-order chi connectivity index (χ0) is 14.0. The quantitative estimate of drug-likeness (QED) is 0.900. The van der Waals surface area contributed by atoms with Gasteiger partial charge in [-0.15, -0.1) is 0 Å². The maximum absolute atomic E-state index is 14.0. The number of hydrogen-bond donors (Lipinski definition) is 1. The molecule has 2 atom stereocenters. The third-order valence-corrected chi connectivity index (χ3v) is 4.10. The highest BCUT2D eigenvalue weighted by molar-refractivity contribution is 5.27. The fourth-order valence-electron chi connectivity index (χ4n) is 2.86. The molecule has 1 aliphatic heterocycles. The van der Waals surface area contributed by atoms with Crippen LogP contribution in [0.2, 0.25) is 0 Å². The molecule has 0 spiro atoms. The fourth-order valence-corrected chi connectivity index (χ4v) is 2.86. The zero-order valence-electron chi connectivity index (χ0n) is 12.1. The Bertz CT molecular complexity index is 433. The van der Waals surface area contributed by atoms with E-state index in [9.17, 15) is 4.39 Å². The summed E-state index contributed by atoms with van der Waals surface area (Å²) in [6, 6.07) is 5.81. The zero-order valence-corrected chi connectivity index (χ0v) is 12.1. The van der Waals surface area contributed by atoms with Gasteiger partial charge in [0, 0.05) is 37.3 Å². The average molecular weight is 265 g/mol. The molecule has 0 bridgehead atoms. The Kier molecular flexibility index (Phi) is 4.55. The highest BCUT2D eigenvalue weighted by atomic mass is 19.1. The Morgan fingerprint density at radius 1 is 1.47 bits per heavy atom. The second-order valence-electron chi connectivity index (χ2n) is 5.68. The lowest BCUT2D eigenvalue weighted by Crippen LogP contribution is -2.36. The molecule has 0 aliphatic carbocycles. The van der Waals surface area contributed by atoms with Crippen LogP contribution in [0.4, 0.5) is 4.39 Å². The summed E-state index contributed by atoms with van der Waals surface area (Å²) in [5.74, 6) is -0.144. The van der Waals surface area contributed by atoms with E-state index in [0.717, 1.165) is 30.6 Å². The molecule has 2 N–H and O–H groups in total. The van der Waals surface area contributed by atoms with E-state index in [1.165, 1.54) is 0 Å². The van der Waals surface area contributed by atoms with Gasteiger partial charge in [0.05, 0.1) is 0 Å². The van der Waals surface area contributed by atoms with E-state index in [1.807, 2.05) is 13.0 Å². The molecule has 2 rings (SSSR count). The second-order valence-corrected chi connectivity index (χ2v) is 5.68. The van der Waals surface area contributed by atoms with Crippen molar-refractivity contribution in [3.05, 3.63) is 35.1 Å². The third-order valence-electron chi connectivity index (χ3n) is 4.10. The molecule has 19 heavy (non-hydrogen) atoms. The van der Waals surface area contributed by atoms with Gasteiger partial charge < -0.3 is 10.6 Å². The number of halogens is 1. The third kappa shape index (κ3) is 3.14. The first-order chi connectivity index (χ1) is 9.02. The van der Waals surface area contributed by atoms with E-state index in [-0.39, 0.29) is 11.9 Å². The molecule has 0 amide bonds. The summed E-state index contributed by atoms with van der Waals surface area (Å²) >= 11 is 0. The molecule has 0 aromatic heterocycles. The van der Waals surface area contributed by atoms with Crippen LogP contribution in [0.25, 0.3) is 0 Å². The van der Waals surface area contributed by atoms with Crippen molar-refractivity contribution in [2.45, 2.75) is 25.4 Å². The fraction of sp³-hybridized carbons (Fsp3) is 0.600. The number of nitrogens with zero attached hydrogens (tertiary/aromatic N) is 2. The minimum atomic E-state index is -0.144. The molecule has 3 nitrogen and oxygen atoms in total. The van der Waals surface area contributed by atoms with Crippen molar-refractivity contribution in [1.82, 2.24) is 9.80 Å². The molecular formula is C15H24FN3. The monoisotopic (exact) mass is 265 g/mol. The van der Waals surface area contributed by atoms with E-state index < -0.39 is 0 Å². The molecule has 1 aromatic rings. The SMILES string of the molecule is Cc1ccc(F)c(C(CN)N2CCC(N(C)C)C2)c1. The number of likely N-dealkylation sites (tertiary alicyclic amines) is 1. The lowest BCUT2D eigenvalue weighted by molar-refractivity contribution is 0.217. The van der Waals surface area contributed by atoms with Crippen molar-refractivity contribution < 1.29 is 4.39 Å². The molecule has 106 valence electrons. The van der Waals surface area contributed by atoms with Gasteiger partial charge in [-0.05, 0) is 33.5 Å². The molecule has 2 unspecified atom stereocenters. The first kappa shape index (κ1) is 14.4. The lowest BCUT2D eigenvalue weighted by atomic mass is 10.0. The van der Waals surface area contributed by atoms with Gasteiger partial charge in [0.15, 0.2) is 0 Å². The summed E-state index contributed by atoms with van der Waals surface area (Å²) in [5, 5.41) is 0. The normalized spacial score (nSPS) is 22.1. The molecular weight excluding hydrogens is 241 g/mol. The minimum absolute atomic E-state index is 0.00940. The van der Waals surface area contributed by atoms with Crippen molar-refractivity contribution in [1.29, 1.82) is 0 Å². The smallest absolute Gasteiger partial charge is 0.128 e. The summed E-state index contributed by atoms with van der Waals surface area (Å²) in [6.07, 6.45) is 1.12. The Labute approximate surface area is 115 Å². The van der Waals surface area contributed by atoms with Crippen LogP contribution < -0.4 is 5.73 Å². The Morgan fingerprint density at radius 2 is 2.21 bits per heavy atom. The van der Waals surface area contributed by atoms with Crippen LogP contribution in [0.15, 0.2) is 18.2 Å². The summed E-state index contributed by atoms with van der Waals surface area (Å²) in [4.78, 5) is 4.54. The summed E-state index contributed by atoms with van der Waals surface area (Å²) in [5.41, 5.74) is 7.72. The first-order valence-corrected chi connectivity index (χ1v) is 6.89.